The molecule has 0 radical (unpaired) electrons. The highest BCUT2D eigenvalue weighted by molar-refractivity contribution is 6.35. The van der Waals surface area contributed by atoms with E-state index < -0.39 is 0 Å². The predicted molar refractivity (Wildman–Crippen MR) is 94.8 cm³/mol. The number of benzene rings is 1. The fourth-order valence-electron chi connectivity index (χ4n) is 2.27. The zero-order valence-electron chi connectivity index (χ0n) is 12.4. The van der Waals surface area contributed by atoms with Crippen LogP contribution in [-0.4, -0.2) is 29.9 Å². The first-order valence-electron chi connectivity index (χ1n) is 7.10. The number of hydrogen-bond acceptors (Lipinski definition) is 6. The Kier molecular flexibility index (Phi) is 3.83. The average Bonchev–Trinajstić information content (AvgIpc) is 2.97. The van der Waals surface area contributed by atoms with Crippen molar-refractivity contribution in [3.05, 3.63) is 63.1 Å². The molecule has 0 aliphatic carbocycles. The number of nitrogens with one attached hydrogen (secondary N) is 2. The highest BCUT2D eigenvalue weighted by Gasteiger charge is 2.14. The van der Waals surface area contributed by atoms with Gasteiger partial charge < -0.3 is 5.32 Å². The van der Waals surface area contributed by atoms with Crippen molar-refractivity contribution in [1.29, 1.82) is 0 Å². The summed E-state index contributed by atoms with van der Waals surface area (Å²) in [5.41, 5.74) is 0.979. The fraction of sp³-hybridized carbons (Fsp3) is 0. The van der Waals surface area contributed by atoms with Crippen LogP contribution in [0.3, 0.4) is 0 Å². The van der Waals surface area contributed by atoms with Crippen LogP contribution in [0, 0.1) is 0 Å². The van der Waals surface area contributed by atoms with Gasteiger partial charge >= 0.3 is 0 Å². The molecule has 0 saturated heterocycles. The Hall–Kier alpha value is -2.97. The summed E-state index contributed by atoms with van der Waals surface area (Å²) in [6.45, 7) is 0. The lowest BCUT2D eigenvalue weighted by Gasteiger charge is -2.07. The van der Waals surface area contributed by atoms with E-state index in [2.05, 4.69) is 30.6 Å². The summed E-state index contributed by atoms with van der Waals surface area (Å²) in [4.78, 5) is 20.5. The van der Waals surface area contributed by atoms with Gasteiger partial charge in [-0.2, -0.15) is 14.9 Å². The minimum Gasteiger partial charge on any atom is -0.305 e. The molecule has 0 spiro atoms. The van der Waals surface area contributed by atoms with Crippen molar-refractivity contribution in [3.8, 4) is 5.69 Å². The molecule has 0 saturated carbocycles. The van der Waals surface area contributed by atoms with Crippen molar-refractivity contribution >= 4 is 46.0 Å². The van der Waals surface area contributed by atoms with Crippen LogP contribution < -0.4 is 10.9 Å². The van der Waals surface area contributed by atoms with Crippen LogP contribution in [0.2, 0.25) is 10.0 Å². The number of H-pyrrole nitrogens is 1. The molecule has 0 aliphatic heterocycles. The topological polar surface area (TPSA) is 101 Å². The van der Waals surface area contributed by atoms with E-state index in [9.17, 15) is 4.79 Å². The second-order valence-corrected chi connectivity index (χ2v) is 5.87. The summed E-state index contributed by atoms with van der Waals surface area (Å²) in [6.07, 6.45) is 3.20. The van der Waals surface area contributed by atoms with E-state index in [0.717, 1.165) is 0 Å². The van der Waals surface area contributed by atoms with Gasteiger partial charge in [-0.1, -0.05) is 23.2 Å². The number of fused-ring (bicyclic) bond motifs is 1. The van der Waals surface area contributed by atoms with Crippen LogP contribution >= 0.6 is 23.2 Å². The molecule has 2 N–H and O–H groups in total. The standard InChI is InChI=1S/C15H9Cl2N7O/c16-8-2-3-11(9(17)6-8)24-12(25)7-10-13(23-24)14(22-21-10)20-15-18-4-1-5-19-15/h1-7,21H,(H,18,19,20,22). The number of nitrogens with zero attached hydrogens (tertiary/aromatic N) is 5. The summed E-state index contributed by atoms with van der Waals surface area (Å²) in [5, 5.41) is 15.0. The number of halogens is 2. The van der Waals surface area contributed by atoms with E-state index in [1.54, 1.807) is 36.7 Å². The number of hydrogen-bond donors (Lipinski definition) is 2. The van der Waals surface area contributed by atoms with Crippen LogP contribution in [0.15, 0.2) is 47.5 Å². The van der Waals surface area contributed by atoms with Gasteiger partial charge in [0.1, 0.15) is 0 Å². The molecule has 3 heterocycles. The Labute approximate surface area is 150 Å². The van der Waals surface area contributed by atoms with Crippen LogP contribution in [-0.2, 0) is 0 Å². The second-order valence-electron chi connectivity index (χ2n) is 5.02. The molecule has 124 valence electrons. The molecule has 4 rings (SSSR count). The lowest BCUT2D eigenvalue weighted by molar-refractivity contribution is 0.832. The van der Waals surface area contributed by atoms with E-state index in [4.69, 9.17) is 23.2 Å². The molecule has 0 amide bonds. The van der Waals surface area contributed by atoms with Crippen molar-refractivity contribution in [1.82, 2.24) is 29.9 Å². The van der Waals surface area contributed by atoms with E-state index in [1.807, 2.05) is 0 Å². The van der Waals surface area contributed by atoms with Gasteiger partial charge in [0.25, 0.3) is 5.56 Å². The molecule has 0 unspecified atom stereocenters. The summed E-state index contributed by atoms with van der Waals surface area (Å²) >= 11 is 12.1. The highest BCUT2D eigenvalue weighted by Crippen LogP contribution is 2.24. The molecule has 4 aromatic rings. The smallest absolute Gasteiger partial charge is 0.273 e. The van der Waals surface area contributed by atoms with Gasteiger partial charge in [0.05, 0.1) is 16.2 Å². The minimum atomic E-state index is -0.358. The molecular formula is C15H9Cl2N7O. The van der Waals surface area contributed by atoms with E-state index in [0.29, 0.717) is 38.5 Å². The lowest BCUT2D eigenvalue weighted by Crippen LogP contribution is -2.20. The summed E-state index contributed by atoms with van der Waals surface area (Å²) in [5.74, 6) is 0.750. The zero-order valence-corrected chi connectivity index (χ0v) is 14.0. The van der Waals surface area contributed by atoms with Crippen LogP contribution in [0.25, 0.3) is 16.7 Å². The number of anilines is 2. The van der Waals surface area contributed by atoms with Gasteiger partial charge in [-0.05, 0) is 24.3 Å². The third kappa shape index (κ3) is 2.92. The van der Waals surface area contributed by atoms with Crippen molar-refractivity contribution in [2.45, 2.75) is 0 Å². The van der Waals surface area contributed by atoms with Gasteiger partial charge in [0, 0.05) is 23.5 Å². The van der Waals surface area contributed by atoms with Crippen LogP contribution in [0.5, 0.6) is 0 Å². The van der Waals surface area contributed by atoms with Gasteiger partial charge in [-0.3, -0.25) is 9.89 Å². The van der Waals surface area contributed by atoms with Gasteiger partial charge in [-0.25, -0.2) is 9.97 Å². The predicted octanol–water partition coefficient (Wildman–Crippen LogP) is 2.95. The Bertz CT molecular complexity index is 1120. The maximum Gasteiger partial charge on any atom is 0.273 e. The molecule has 8 nitrogen and oxygen atoms in total. The van der Waals surface area contributed by atoms with E-state index >= 15 is 0 Å². The normalized spacial score (nSPS) is 11.0. The molecule has 3 aromatic heterocycles. The summed E-state index contributed by atoms with van der Waals surface area (Å²) in [7, 11) is 0. The summed E-state index contributed by atoms with van der Waals surface area (Å²) < 4.78 is 1.19. The maximum atomic E-state index is 12.4. The summed E-state index contributed by atoms with van der Waals surface area (Å²) in [6, 6.07) is 7.89. The quantitative estimate of drug-likeness (QED) is 0.572. The zero-order chi connectivity index (χ0) is 17.4. The molecule has 0 bridgehead atoms. The molecule has 25 heavy (non-hydrogen) atoms. The first-order valence-corrected chi connectivity index (χ1v) is 7.85. The van der Waals surface area contributed by atoms with Crippen LogP contribution in [0.4, 0.5) is 11.8 Å². The Morgan fingerprint density at radius 3 is 2.68 bits per heavy atom. The highest BCUT2D eigenvalue weighted by atomic mass is 35.5. The first kappa shape index (κ1) is 15.6. The second kappa shape index (κ2) is 6.15. The fourth-order valence-corrected chi connectivity index (χ4v) is 2.76. The molecule has 1 aromatic carbocycles. The number of rotatable bonds is 3. The van der Waals surface area contributed by atoms with E-state index in [1.165, 1.54) is 10.7 Å². The molecule has 0 atom stereocenters. The van der Waals surface area contributed by atoms with Gasteiger partial charge in [0.15, 0.2) is 11.3 Å². The maximum absolute atomic E-state index is 12.4. The lowest BCUT2D eigenvalue weighted by atomic mass is 10.3. The molecule has 0 aliphatic rings. The first-order chi connectivity index (χ1) is 12.1. The van der Waals surface area contributed by atoms with Crippen molar-refractivity contribution in [2.24, 2.45) is 0 Å². The van der Waals surface area contributed by atoms with Crippen LogP contribution in [0.1, 0.15) is 0 Å². The third-order valence-corrected chi connectivity index (χ3v) is 3.92. The largest absolute Gasteiger partial charge is 0.305 e. The molecular weight excluding hydrogens is 365 g/mol. The SMILES string of the molecule is O=c1cc2[nH]nc(Nc3ncccn3)c2nn1-c1ccc(Cl)cc1Cl. The van der Waals surface area contributed by atoms with Crippen molar-refractivity contribution in [2.75, 3.05) is 5.32 Å². The average molecular weight is 374 g/mol. The monoisotopic (exact) mass is 373 g/mol. The van der Waals surface area contributed by atoms with Gasteiger partial charge in [0.2, 0.25) is 5.95 Å². The third-order valence-electron chi connectivity index (χ3n) is 3.38. The number of aromatic amines is 1. The minimum absolute atomic E-state index is 0.311. The Morgan fingerprint density at radius 2 is 1.92 bits per heavy atom. The Morgan fingerprint density at radius 1 is 1.12 bits per heavy atom. The van der Waals surface area contributed by atoms with E-state index in [-0.39, 0.29) is 5.56 Å². The molecule has 10 heteroatoms. The van der Waals surface area contributed by atoms with Crippen molar-refractivity contribution < 1.29 is 0 Å². The molecule has 0 fully saturated rings. The van der Waals surface area contributed by atoms with Gasteiger partial charge in [-0.15, -0.1) is 0 Å². The van der Waals surface area contributed by atoms with Crippen molar-refractivity contribution in [3.63, 3.8) is 0 Å². The Balaban J connectivity index is 1.85. The number of aromatic nitrogens is 6.